The molecule has 4 aromatic rings. The van der Waals surface area contributed by atoms with Crippen molar-refractivity contribution in [3.63, 3.8) is 0 Å². The number of thiazole rings is 1. The van der Waals surface area contributed by atoms with Gasteiger partial charge in [0.1, 0.15) is 12.4 Å². The molecule has 0 unspecified atom stereocenters. The summed E-state index contributed by atoms with van der Waals surface area (Å²) >= 11 is 11.9. The molecule has 0 saturated heterocycles. The van der Waals surface area contributed by atoms with Crippen LogP contribution in [0.25, 0.3) is 6.08 Å². The Morgan fingerprint density at radius 1 is 1.02 bits per heavy atom. The summed E-state index contributed by atoms with van der Waals surface area (Å²) in [6.45, 7) is 5.65. The molecular formula is C35H31ClI2N2O8S. The topological polar surface area (TPSA) is 115 Å². The van der Waals surface area contributed by atoms with Gasteiger partial charge >= 0.3 is 11.9 Å². The average Bonchev–Trinajstić information content (AvgIpc) is 3.36. The van der Waals surface area contributed by atoms with Crippen LogP contribution < -0.4 is 29.1 Å². The van der Waals surface area contributed by atoms with Crippen molar-refractivity contribution in [1.82, 2.24) is 4.57 Å². The normalized spacial score (nSPS) is 14.2. The number of fused-ring (bicyclic) bond motifs is 1. The van der Waals surface area contributed by atoms with Crippen molar-refractivity contribution in [1.29, 1.82) is 0 Å². The number of hydrogen-bond donors (Lipinski definition) is 0. The summed E-state index contributed by atoms with van der Waals surface area (Å²) in [6, 6.07) is 15.5. The lowest BCUT2D eigenvalue weighted by atomic mass is 9.95. The predicted molar refractivity (Wildman–Crippen MR) is 203 cm³/mol. The third-order valence-electron chi connectivity index (χ3n) is 7.27. The first-order valence-corrected chi connectivity index (χ1v) is 18.4. The first kappa shape index (κ1) is 36.9. The van der Waals surface area contributed by atoms with E-state index in [2.05, 4.69) is 45.2 Å². The van der Waals surface area contributed by atoms with Gasteiger partial charge in [0.25, 0.3) is 5.56 Å². The minimum Gasteiger partial charge on any atom is -0.490 e. The van der Waals surface area contributed by atoms with Crippen LogP contribution in [0.4, 0.5) is 0 Å². The Bertz CT molecular complexity index is 2130. The molecule has 10 nitrogen and oxygen atoms in total. The number of aromatic nitrogens is 1. The monoisotopic (exact) mass is 928 g/mol. The molecule has 0 spiro atoms. The Hall–Kier alpha value is -3.41. The summed E-state index contributed by atoms with van der Waals surface area (Å²) < 4.78 is 31.7. The van der Waals surface area contributed by atoms with Crippen molar-refractivity contribution in [2.45, 2.75) is 33.4 Å². The fraction of sp³-hybridized carbons (Fsp3) is 0.257. The Morgan fingerprint density at radius 3 is 2.53 bits per heavy atom. The fourth-order valence-corrected chi connectivity index (χ4v) is 8.44. The van der Waals surface area contributed by atoms with E-state index in [-0.39, 0.29) is 31.0 Å². The molecule has 1 aromatic heterocycles. The maximum atomic E-state index is 14.4. The summed E-state index contributed by atoms with van der Waals surface area (Å²) in [5, 5.41) is 0.614. The number of rotatable bonds is 12. The number of benzene rings is 3. The molecule has 0 aliphatic carbocycles. The van der Waals surface area contributed by atoms with Gasteiger partial charge in [0.15, 0.2) is 22.9 Å². The summed E-state index contributed by atoms with van der Waals surface area (Å²) in [6.07, 6.45) is 1.79. The number of allylic oxidation sites excluding steroid dienone is 1. The van der Waals surface area contributed by atoms with Crippen molar-refractivity contribution in [3.8, 4) is 17.2 Å². The number of methoxy groups -OCH3 is 1. The van der Waals surface area contributed by atoms with Gasteiger partial charge in [-0.25, -0.2) is 14.6 Å². The molecule has 3 aromatic carbocycles. The molecule has 2 heterocycles. The van der Waals surface area contributed by atoms with Gasteiger partial charge in [-0.3, -0.25) is 9.36 Å². The zero-order valence-electron chi connectivity index (χ0n) is 26.9. The predicted octanol–water partition coefficient (Wildman–Crippen LogP) is 6.19. The number of nitrogens with zero attached hydrogens (tertiary/aromatic N) is 2. The fourth-order valence-electron chi connectivity index (χ4n) is 5.15. The van der Waals surface area contributed by atoms with Crippen LogP contribution in [0.15, 0.2) is 75.7 Å². The number of hydrogen-bond acceptors (Lipinski definition) is 10. The Morgan fingerprint density at radius 2 is 1.82 bits per heavy atom. The zero-order chi connectivity index (χ0) is 35.2. The van der Waals surface area contributed by atoms with E-state index < -0.39 is 18.0 Å². The Kier molecular flexibility index (Phi) is 12.4. The second-order valence-corrected chi connectivity index (χ2v) is 14.4. The van der Waals surface area contributed by atoms with Gasteiger partial charge in [-0.1, -0.05) is 41.1 Å². The number of halogens is 3. The molecule has 14 heteroatoms. The quantitative estimate of drug-likeness (QED) is 0.122. The standard InChI is InChI=1S/C35H31ClI2N2O8S/c1-5-45-27-14-21(10-11-26(27)47-18-29(41)44-4)31-30(34(43)46-6-2)19(3)39-35-40(31)33(42)28(49-35)15-22-13-24(37)16-25(38)32(22)48-17-20-8-7-9-23(36)12-20/h7-16,31H,5-6,17-18H2,1-4H3/b28-15+/t31-/m1/s1. The lowest BCUT2D eigenvalue weighted by Crippen LogP contribution is -2.40. The highest BCUT2D eigenvalue weighted by Crippen LogP contribution is 2.37. The van der Waals surface area contributed by atoms with Gasteiger partial charge in [-0.2, -0.15) is 0 Å². The van der Waals surface area contributed by atoms with Crippen LogP contribution in [0.5, 0.6) is 17.2 Å². The maximum Gasteiger partial charge on any atom is 0.343 e. The lowest BCUT2D eigenvalue weighted by molar-refractivity contribution is -0.143. The first-order valence-electron chi connectivity index (χ1n) is 15.1. The third kappa shape index (κ3) is 8.49. The van der Waals surface area contributed by atoms with E-state index in [4.69, 9.17) is 40.3 Å². The van der Waals surface area contributed by atoms with Crippen LogP contribution in [0.3, 0.4) is 0 Å². The molecule has 1 atom stereocenters. The van der Waals surface area contributed by atoms with Crippen LogP contribution in [0, 0.1) is 7.14 Å². The molecule has 5 rings (SSSR count). The molecule has 1 aliphatic rings. The third-order valence-corrected chi connectivity index (χ3v) is 9.91. The SMILES string of the molecule is CCOC(=O)C1=C(C)N=c2s/c(=C/c3cc(I)cc(I)c3OCc3cccc(Cl)c3)c(=O)n2[C@@H]1c1ccc(OCC(=O)OC)c(OCC)c1. The molecule has 0 N–H and O–H groups in total. The maximum absolute atomic E-state index is 14.4. The molecule has 0 radical (unpaired) electrons. The zero-order valence-corrected chi connectivity index (χ0v) is 32.8. The Balaban J connectivity index is 1.64. The van der Waals surface area contributed by atoms with E-state index in [9.17, 15) is 14.4 Å². The molecule has 0 amide bonds. The van der Waals surface area contributed by atoms with E-state index in [0.29, 0.717) is 55.0 Å². The molecular weight excluding hydrogens is 898 g/mol. The molecule has 0 bridgehead atoms. The number of ether oxygens (including phenoxy) is 5. The minimum atomic E-state index is -0.888. The van der Waals surface area contributed by atoms with E-state index in [0.717, 1.165) is 12.7 Å². The lowest BCUT2D eigenvalue weighted by Gasteiger charge is -2.25. The van der Waals surface area contributed by atoms with Crippen LogP contribution >= 0.6 is 68.1 Å². The van der Waals surface area contributed by atoms with Crippen LogP contribution in [0.2, 0.25) is 5.02 Å². The smallest absolute Gasteiger partial charge is 0.343 e. The van der Waals surface area contributed by atoms with Crippen molar-refractivity contribution in [3.05, 3.63) is 114 Å². The van der Waals surface area contributed by atoms with Gasteiger partial charge in [0, 0.05) is 14.2 Å². The molecule has 49 heavy (non-hydrogen) atoms. The summed E-state index contributed by atoms with van der Waals surface area (Å²) in [5.74, 6) is 0.119. The molecule has 1 aliphatic heterocycles. The van der Waals surface area contributed by atoms with E-state index in [1.54, 1.807) is 44.2 Å². The first-order chi connectivity index (χ1) is 23.5. The van der Waals surface area contributed by atoms with Gasteiger partial charge < -0.3 is 23.7 Å². The number of carbonyl (C=O) groups is 2. The summed E-state index contributed by atoms with van der Waals surface area (Å²) in [7, 11) is 1.27. The number of esters is 2. The summed E-state index contributed by atoms with van der Waals surface area (Å²) in [5.41, 5.74) is 2.49. The van der Waals surface area contributed by atoms with Gasteiger partial charge in [-0.05, 0) is 120 Å². The van der Waals surface area contributed by atoms with Crippen molar-refractivity contribution < 1.29 is 33.3 Å². The van der Waals surface area contributed by atoms with Crippen molar-refractivity contribution in [2.24, 2.45) is 4.99 Å². The van der Waals surface area contributed by atoms with Gasteiger partial charge in [0.05, 0.1) is 45.7 Å². The second kappa shape index (κ2) is 16.5. The van der Waals surface area contributed by atoms with Crippen molar-refractivity contribution in [2.75, 3.05) is 26.9 Å². The highest BCUT2D eigenvalue weighted by atomic mass is 127. The second-order valence-electron chi connectivity index (χ2n) is 10.5. The van der Waals surface area contributed by atoms with Crippen LogP contribution in [-0.2, 0) is 25.7 Å². The van der Waals surface area contributed by atoms with E-state index in [1.165, 1.54) is 23.0 Å². The molecule has 256 valence electrons. The van der Waals surface area contributed by atoms with E-state index >= 15 is 0 Å². The molecule has 0 fully saturated rings. The minimum absolute atomic E-state index is 0.139. The summed E-state index contributed by atoms with van der Waals surface area (Å²) in [4.78, 5) is 44.7. The van der Waals surface area contributed by atoms with Crippen LogP contribution in [-0.4, -0.2) is 43.4 Å². The Labute approximate surface area is 318 Å². The van der Waals surface area contributed by atoms with Crippen molar-refractivity contribution >= 4 is 86.1 Å². The van der Waals surface area contributed by atoms with Gasteiger partial charge in [0.2, 0.25) is 0 Å². The highest BCUT2D eigenvalue weighted by Gasteiger charge is 2.34. The van der Waals surface area contributed by atoms with Crippen LogP contribution in [0.1, 0.15) is 43.5 Å². The average molecular weight is 929 g/mol. The van der Waals surface area contributed by atoms with E-state index in [1.807, 2.05) is 37.3 Å². The largest absolute Gasteiger partial charge is 0.490 e. The van der Waals surface area contributed by atoms with Gasteiger partial charge in [-0.15, -0.1) is 0 Å². The highest BCUT2D eigenvalue weighted by molar-refractivity contribution is 14.1. The molecule has 0 saturated carbocycles. The number of carbonyl (C=O) groups excluding carboxylic acids is 2.